The van der Waals surface area contributed by atoms with Crippen LogP contribution in [0.25, 0.3) is 0 Å². The van der Waals surface area contributed by atoms with Crippen LogP contribution in [0.2, 0.25) is 0 Å². The van der Waals surface area contributed by atoms with Crippen molar-refractivity contribution in [3.05, 3.63) is 52.8 Å². The summed E-state index contributed by atoms with van der Waals surface area (Å²) in [4.78, 5) is 14.9. The Labute approximate surface area is 114 Å². The number of halogens is 1. The van der Waals surface area contributed by atoms with Crippen LogP contribution in [0.1, 0.15) is 18.7 Å². The van der Waals surface area contributed by atoms with Crippen molar-refractivity contribution in [2.45, 2.75) is 13.0 Å². The summed E-state index contributed by atoms with van der Waals surface area (Å²) in [6.45, 7) is 4.89. The fraction of sp³-hybridized carbons (Fsp3) is 0.231. The number of allylic oxidation sites excluding steroid dienone is 2. The molecule has 1 aromatic rings. The zero-order valence-corrected chi connectivity index (χ0v) is 11.6. The maximum atomic E-state index is 10.8. The summed E-state index contributed by atoms with van der Waals surface area (Å²) >= 11 is 3.23. The molecule has 5 heteroatoms. The Balaban J connectivity index is 2.89. The molecule has 0 radical (unpaired) electrons. The van der Waals surface area contributed by atoms with Gasteiger partial charge in [0, 0.05) is 12.5 Å². The molecule has 1 rings (SSSR count). The minimum absolute atomic E-state index is 0.0106. The maximum Gasteiger partial charge on any atom is 0.302 e. The molecule has 4 nitrogen and oxygen atoms in total. The van der Waals surface area contributed by atoms with Crippen LogP contribution in [0.15, 0.2) is 47.1 Å². The lowest BCUT2D eigenvalue weighted by Crippen LogP contribution is -2.11. The second-order valence-corrected chi connectivity index (χ2v) is 4.36. The Morgan fingerprint density at radius 1 is 1.67 bits per heavy atom. The largest absolute Gasteiger partial charge is 0.461 e. The van der Waals surface area contributed by atoms with E-state index in [-0.39, 0.29) is 6.61 Å². The molecule has 1 atom stereocenters. The lowest BCUT2D eigenvalue weighted by Gasteiger charge is -2.14. The van der Waals surface area contributed by atoms with Gasteiger partial charge in [0.05, 0.1) is 5.69 Å². The smallest absolute Gasteiger partial charge is 0.302 e. The van der Waals surface area contributed by atoms with Crippen LogP contribution in [0.3, 0.4) is 0 Å². The lowest BCUT2D eigenvalue weighted by atomic mass is 10.1. The molecule has 96 valence electrons. The first kappa shape index (κ1) is 14.6. The standard InChI is InChI=1S/C13H14BrNO3/c1-3-5-10(8-18-9(2)16)13(17)11-6-4-7-12(14)15-11/h3-7,13,17H,1,8H2,2H3/b10-5+/t13-/m0/s1. The molecule has 1 aromatic heterocycles. The molecule has 0 spiro atoms. The SMILES string of the molecule is C=C/C=C(\COC(C)=O)[C@H](O)c1cccc(Br)n1. The highest BCUT2D eigenvalue weighted by molar-refractivity contribution is 9.10. The van der Waals surface area contributed by atoms with Crippen LogP contribution < -0.4 is 0 Å². The Morgan fingerprint density at radius 2 is 2.39 bits per heavy atom. The van der Waals surface area contributed by atoms with Crippen molar-refractivity contribution >= 4 is 21.9 Å². The molecule has 1 N–H and O–H groups in total. The van der Waals surface area contributed by atoms with E-state index in [9.17, 15) is 9.90 Å². The number of esters is 1. The number of carbonyl (C=O) groups excluding carboxylic acids is 1. The van der Waals surface area contributed by atoms with Gasteiger partial charge in [-0.2, -0.15) is 0 Å². The van der Waals surface area contributed by atoms with Crippen molar-refractivity contribution in [2.75, 3.05) is 6.61 Å². The van der Waals surface area contributed by atoms with Gasteiger partial charge in [-0.25, -0.2) is 4.98 Å². The fourth-order valence-electron chi connectivity index (χ4n) is 1.32. The summed E-state index contributed by atoms with van der Waals surface area (Å²) in [5, 5.41) is 10.2. The average molecular weight is 312 g/mol. The van der Waals surface area contributed by atoms with Gasteiger partial charge in [0.25, 0.3) is 0 Å². The number of hydrogen-bond acceptors (Lipinski definition) is 4. The van der Waals surface area contributed by atoms with Gasteiger partial charge >= 0.3 is 5.97 Å². The highest BCUT2D eigenvalue weighted by atomic mass is 79.9. The normalized spacial score (nSPS) is 12.9. The lowest BCUT2D eigenvalue weighted by molar-refractivity contribution is -0.140. The predicted octanol–water partition coefficient (Wildman–Crippen LogP) is 2.55. The molecule has 0 aliphatic heterocycles. The topological polar surface area (TPSA) is 59.4 Å². The van der Waals surface area contributed by atoms with Gasteiger partial charge in [-0.3, -0.25) is 4.79 Å². The molecule has 0 aliphatic rings. The van der Waals surface area contributed by atoms with Crippen molar-refractivity contribution in [1.82, 2.24) is 4.98 Å². The predicted molar refractivity (Wildman–Crippen MR) is 71.8 cm³/mol. The van der Waals surface area contributed by atoms with Crippen LogP contribution in [-0.4, -0.2) is 22.7 Å². The quantitative estimate of drug-likeness (QED) is 0.516. The number of nitrogens with zero attached hydrogens (tertiary/aromatic N) is 1. The van der Waals surface area contributed by atoms with E-state index >= 15 is 0 Å². The number of aliphatic hydroxyl groups is 1. The number of pyridine rings is 1. The van der Waals surface area contributed by atoms with Gasteiger partial charge in [-0.1, -0.05) is 24.8 Å². The van der Waals surface area contributed by atoms with Crippen molar-refractivity contribution in [3.63, 3.8) is 0 Å². The summed E-state index contributed by atoms with van der Waals surface area (Å²) in [5.41, 5.74) is 0.996. The van der Waals surface area contributed by atoms with E-state index < -0.39 is 12.1 Å². The molecule has 0 saturated carbocycles. The van der Waals surface area contributed by atoms with Crippen molar-refractivity contribution in [2.24, 2.45) is 0 Å². The molecule has 0 bridgehead atoms. The molecule has 0 saturated heterocycles. The Hall–Kier alpha value is -1.46. The minimum atomic E-state index is -0.931. The van der Waals surface area contributed by atoms with E-state index in [1.165, 1.54) is 13.0 Å². The Bertz CT molecular complexity index is 471. The maximum absolute atomic E-state index is 10.8. The van der Waals surface area contributed by atoms with Gasteiger partial charge in [-0.05, 0) is 28.1 Å². The molecular formula is C13H14BrNO3. The van der Waals surface area contributed by atoms with E-state index in [2.05, 4.69) is 27.5 Å². The number of ether oxygens (including phenoxy) is 1. The number of hydrogen-bond donors (Lipinski definition) is 1. The fourth-order valence-corrected chi connectivity index (χ4v) is 1.68. The van der Waals surface area contributed by atoms with Crippen LogP contribution >= 0.6 is 15.9 Å². The van der Waals surface area contributed by atoms with Crippen molar-refractivity contribution < 1.29 is 14.6 Å². The third-order valence-electron chi connectivity index (χ3n) is 2.14. The summed E-state index contributed by atoms with van der Waals surface area (Å²) < 4.78 is 5.50. The van der Waals surface area contributed by atoms with E-state index in [0.29, 0.717) is 15.9 Å². The Kier molecular flexibility index (Phi) is 5.74. The highest BCUT2D eigenvalue weighted by Crippen LogP contribution is 2.21. The average Bonchev–Trinajstić information content (AvgIpc) is 2.33. The van der Waals surface area contributed by atoms with Crippen LogP contribution in [0.5, 0.6) is 0 Å². The molecule has 0 fully saturated rings. The van der Waals surface area contributed by atoms with E-state index in [0.717, 1.165) is 0 Å². The van der Waals surface area contributed by atoms with E-state index in [1.807, 2.05) is 0 Å². The van der Waals surface area contributed by atoms with Crippen LogP contribution in [0.4, 0.5) is 0 Å². The summed E-state index contributed by atoms with van der Waals surface area (Å²) in [7, 11) is 0. The first-order chi connectivity index (χ1) is 8.54. The first-order valence-corrected chi connectivity index (χ1v) is 6.09. The van der Waals surface area contributed by atoms with Crippen molar-refractivity contribution in [3.8, 4) is 0 Å². The molecule has 1 heterocycles. The monoisotopic (exact) mass is 311 g/mol. The molecule has 0 amide bonds. The zero-order valence-electron chi connectivity index (χ0n) is 9.97. The molecule has 0 unspecified atom stereocenters. The van der Waals surface area contributed by atoms with Gasteiger partial charge in [0.1, 0.15) is 17.3 Å². The van der Waals surface area contributed by atoms with E-state index in [1.54, 1.807) is 24.3 Å². The second kappa shape index (κ2) is 7.08. The number of carbonyl (C=O) groups is 1. The van der Waals surface area contributed by atoms with Crippen LogP contribution in [-0.2, 0) is 9.53 Å². The molecule has 0 aliphatic carbocycles. The van der Waals surface area contributed by atoms with E-state index in [4.69, 9.17) is 4.74 Å². The third kappa shape index (κ3) is 4.43. The zero-order chi connectivity index (χ0) is 13.5. The van der Waals surface area contributed by atoms with Crippen molar-refractivity contribution in [1.29, 1.82) is 0 Å². The van der Waals surface area contributed by atoms with Gasteiger partial charge in [0.15, 0.2) is 0 Å². The summed E-state index contributed by atoms with van der Waals surface area (Å²) in [6.07, 6.45) is 2.20. The van der Waals surface area contributed by atoms with Crippen LogP contribution in [0, 0.1) is 0 Å². The number of rotatable bonds is 5. The summed E-state index contributed by atoms with van der Waals surface area (Å²) in [6, 6.07) is 5.23. The molecule has 0 aromatic carbocycles. The van der Waals surface area contributed by atoms with Gasteiger partial charge in [0.2, 0.25) is 0 Å². The first-order valence-electron chi connectivity index (χ1n) is 5.30. The molecule has 18 heavy (non-hydrogen) atoms. The number of aliphatic hydroxyl groups excluding tert-OH is 1. The molecular weight excluding hydrogens is 298 g/mol. The number of aromatic nitrogens is 1. The Morgan fingerprint density at radius 3 is 2.94 bits per heavy atom. The van der Waals surface area contributed by atoms with Gasteiger partial charge < -0.3 is 9.84 Å². The summed E-state index contributed by atoms with van der Waals surface area (Å²) in [5.74, 6) is -0.403. The third-order valence-corrected chi connectivity index (χ3v) is 2.58. The second-order valence-electron chi connectivity index (χ2n) is 3.55. The van der Waals surface area contributed by atoms with Gasteiger partial charge in [-0.15, -0.1) is 0 Å². The minimum Gasteiger partial charge on any atom is -0.461 e. The highest BCUT2D eigenvalue weighted by Gasteiger charge is 2.15.